The van der Waals surface area contributed by atoms with Crippen LogP contribution in [0, 0.1) is 21.6 Å². The fourth-order valence-corrected chi connectivity index (χ4v) is 1.96. The molecule has 38 heavy (non-hydrogen) atoms. The Balaban J connectivity index is -0.000000155. The zero-order chi connectivity index (χ0) is 27.8. The van der Waals surface area contributed by atoms with Gasteiger partial charge < -0.3 is 41.4 Å². The maximum Gasteiger partial charge on any atom is 0.0800 e. The monoisotopic (exact) mass is 638 g/mol. The normalized spacial score (nSPS) is 15.9. The first kappa shape index (κ1) is 48.6. The van der Waals surface area contributed by atoms with Gasteiger partial charge in [0.1, 0.15) is 0 Å². The fourth-order valence-electron chi connectivity index (χ4n) is 1.96. The molecule has 0 aliphatic carbocycles. The topological polar surface area (TPSA) is 311 Å². The molecule has 1 fully saturated rings. The van der Waals surface area contributed by atoms with E-state index in [-0.39, 0.29) is 34.1 Å². The van der Waals surface area contributed by atoms with E-state index in [0.717, 1.165) is 78.5 Å². The van der Waals surface area contributed by atoms with Crippen molar-refractivity contribution in [2.45, 2.75) is 0 Å². The summed E-state index contributed by atoms with van der Waals surface area (Å²) in [6.45, 7) is 11.7. The molecule has 1 rings (SSSR count). The van der Waals surface area contributed by atoms with E-state index in [0.29, 0.717) is 26.4 Å². The van der Waals surface area contributed by atoms with Gasteiger partial charge in [0.15, 0.2) is 0 Å². The summed E-state index contributed by atoms with van der Waals surface area (Å²) in [4.78, 5) is 0. The van der Waals surface area contributed by atoms with E-state index >= 15 is 0 Å². The van der Waals surface area contributed by atoms with Gasteiger partial charge in [0.05, 0.1) is 20.3 Å². The van der Waals surface area contributed by atoms with Crippen molar-refractivity contribution in [3.05, 3.63) is 75.6 Å². The Bertz CT molecular complexity index is 396. The number of rotatable bonds is 0. The number of ether oxygens (including phenoxy) is 2. The molecule has 0 atom stereocenters. The summed E-state index contributed by atoms with van der Waals surface area (Å²) in [5, 5.41) is 60.8. The van der Waals surface area contributed by atoms with Gasteiger partial charge in [-0.1, -0.05) is 23.4 Å². The summed E-state index contributed by atoms with van der Waals surface area (Å²) in [5.41, 5.74) is 0. The van der Waals surface area contributed by atoms with Crippen LogP contribution < -0.4 is 0 Å². The largest absolute Gasteiger partial charge is 0.665 e. The maximum absolute atomic E-state index is 6.86. The number of nitrogens with zero attached hydrogens (tertiary/aromatic N) is 14. The summed E-state index contributed by atoms with van der Waals surface area (Å²) in [5.74, 6) is 21.6. The average Bonchev–Trinajstić information content (AvgIpc) is 2.85. The van der Waals surface area contributed by atoms with E-state index in [1.165, 1.54) is 0 Å². The van der Waals surface area contributed by atoms with Crippen LogP contribution in [-0.2, 0) is 43.6 Å². The van der Waals surface area contributed by atoms with Crippen molar-refractivity contribution < 1.29 is 43.6 Å². The standard InChI is InChI=1S/C16H32N6O2.2Cu.4HN3/c1-5-19-9-13-23-15-11-21-7-3-18-4-8-22-12-16-24-14-10-20-6-2-17-1;;;4*1-3-2/h1-16H2;;;4*1H/q-6;;;;;;. The third kappa shape index (κ3) is 76.5. The van der Waals surface area contributed by atoms with Crippen molar-refractivity contribution in [1.29, 1.82) is 21.6 Å². The van der Waals surface area contributed by atoms with Gasteiger partial charge >= 0.3 is 0 Å². The Morgan fingerprint density at radius 1 is 0.368 bits per heavy atom. The first-order valence-corrected chi connectivity index (χ1v) is 10.6. The van der Waals surface area contributed by atoms with Crippen LogP contribution in [0.4, 0.5) is 0 Å². The molecule has 0 spiro atoms. The fraction of sp³-hybridized carbons (Fsp3) is 1.00. The third-order valence-corrected chi connectivity index (χ3v) is 3.24. The summed E-state index contributed by atoms with van der Waals surface area (Å²) in [6.07, 6.45) is 0. The minimum absolute atomic E-state index is 0. The van der Waals surface area contributed by atoms with Crippen molar-refractivity contribution in [3.8, 4) is 0 Å². The van der Waals surface area contributed by atoms with Crippen molar-refractivity contribution in [2.75, 3.05) is 105 Å². The molecule has 1 aliphatic rings. The van der Waals surface area contributed by atoms with Gasteiger partial charge in [-0.3, -0.25) is 0 Å². The van der Waals surface area contributed by atoms with Crippen molar-refractivity contribution >= 4 is 0 Å². The van der Waals surface area contributed by atoms with Crippen LogP contribution in [0.5, 0.6) is 0 Å². The van der Waals surface area contributed by atoms with E-state index in [1.807, 2.05) is 0 Å². The Hall–Kier alpha value is -2.40. The molecular weight excluding hydrogens is 603 g/mol. The molecule has 0 amide bonds. The van der Waals surface area contributed by atoms with Gasteiger partial charge in [0.2, 0.25) is 0 Å². The molecule has 20 nitrogen and oxygen atoms in total. The first-order valence-electron chi connectivity index (χ1n) is 10.6. The van der Waals surface area contributed by atoms with Crippen molar-refractivity contribution in [3.63, 3.8) is 0 Å². The van der Waals surface area contributed by atoms with E-state index in [9.17, 15) is 0 Å². The van der Waals surface area contributed by atoms with Gasteiger partial charge in [-0.25, -0.2) is 0 Å². The van der Waals surface area contributed by atoms with Gasteiger partial charge in [-0.15, -0.1) is 47.8 Å². The van der Waals surface area contributed by atoms with Gasteiger partial charge in [0, 0.05) is 60.6 Å². The summed E-state index contributed by atoms with van der Waals surface area (Å²) < 4.78 is 11.0. The van der Waals surface area contributed by atoms with Gasteiger partial charge in [-0.05, 0) is 0 Å². The molecule has 0 aromatic carbocycles. The predicted octanol–water partition coefficient (Wildman–Crippen LogP) is 5.50. The molecule has 4 N–H and O–H groups in total. The van der Waals surface area contributed by atoms with Gasteiger partial charge in [-0.2, -0.15) is 52.4 Å². The molecule has 2 radical (unpaired) electrons. The quantitative estimate of drug-likeness (QED) is 0.187. The SMILES string of the molecule is C1C[N-]CCOCC[N-]CC[N-]CC[N-]CCOCC[N-]CC[N-]1.N#[N+][NH-].N#[N+][NH-].N#[N+][NH-].N#[N+][NH-].[Cu].[Cu]. The number of hydrogen-bond donors (Lipinski definition) is 0. The van der Waals surface area contributed by atoms with E-state index in [2.05, 4.69) is 31.9 Å². The maximum atomic E-state index is 6.86. The van der Waals surface area contributed by atoms with Crippen LogP contribution in [0.2, 0.25) is 0 Å². The summed E-state index contributed by atoms with van der Waals surface area (Å²) in [7, 11) is 0. The zero-order valence-corrected chi connectivity index (χ0v) is 22.9. The van der Waals surface area contributed by atoms with Crippen molar-refractivity contribution in [2.24, 2.45) is 0 Å². The van der Waals surface area contributed by atoms with Crippen LogP contribution in [0.15, 0.2) is 0 Å². The molecule has 230 valence electrons. The van der Waals surface area contributed by atoms with E-state index in [1.54, 1.807) is 20.3 Å². The number of diazo groups is 4. The molecule has 1 saturated heterocycles. The minimum Gasteiger partial charge on any atom is -0.665 e. The molecule has 0 saturated carbocycles. The van der Waals surface area contributed by atoms with Crippen LogP contribution in [0.1, 0.15) is 0 Å². The first-order chi connectivity index (χ1) is 17.7. The Morgan fingerprint density at radius 2 is 0.500 bits per heavy atom. The predicted molar refractivity (Wildman–Crippen MR) is 138 cm³/mol. The van der Waals surface area contributed by atoms with Crippen LogP contribution in [-0.4, -0.2) is 105 Å². The Labute approximate surface area is 245 Å². The minimum atomic E-state index is 0. The van der Waals surface area contributed by atoms with Crippen molar-refractivity contribution in [1.82, 2.24) is 0 Å². The second-order valence-electron chi connectivity index (χ2n) is 5.65. The molecule has 0 aromatic heterocycles. The average molecular weight is 640 g/mol. The number of nitrogens with one attached hydrogen (secondary N) is 4. The Morgan fingerprint density at radius 3 is 0.658 bits per heavy atom. The van der Waals surface area contributed by atoms with Crippen LogP contribution >= 0.6 is 0 Å². The Kier molecular flexibility index (Phi) is 76.3. The molecule has 22 heteroatoms. The summed E-state index contributed by atoms with van der Waals surface area (Å²) in [6, 6.07) is 0. The summed E-state index contributed by atoms with van der Waals surface area (Å²) >= 11 is 0. The molecule has 0 unspecified atom stereocenters. The van der Waals surface area contributed by atoms with E-state index in [4.69, 9.17) is 54.4 Å². The second kappa shape index (κ2) is 59.6. The van der Waals surface area contributed by atoms with E-state index < -0.39 is 0 Å². The second-order valence-corrected chi connectivity index (χ2v) is 5.65. The molecular formula is C16H36Cu2N18O2-6. The molecule has 0 bridgehead atoms. The molecule has 0 aromatic rings. The van der Waals surface area contributed by atoms with Crippen LogP contribution in [0.3, 0.4) is 0 Å². The van der Waals surface area contributed by atoms with Gasteiger partial charge in [0.25, 0.3) is 0 Å². The van der Waals surface area contributed by atoms with Crippen LogP contribution in [0.25, 0.3) is 75.6 Å². The molecule has 1 heterocycles. The number of hydrogen-bond acceptors (Lipinski definition) is 6. The zero-order valence-electron chi connectivity index (χ0n) is 21.0. The smallest absolute Gasteiger partial charge is 0.0800 e. The third-order valence-electron chi connectivity index (χ3n) is 3.24. The molecule has 1 aliphatic heterocycles.